The van der Waals surface area contributed by atoms with Gasteiger partial charge in [-0.15, -0.1) is 0 Å². The Kier molecular flexibility index (Phi) is 4.26. The highest BCUT2D eigenvalue weighted by molar-refractivity contribution is 5.83. The van der Waals surface area contributed by atoms with E-state index in [1.54, 1.807) is 6.07 Å². The molecule has 0 radical (unpaired) electrons. The summed E-state index contributed by atoms with van der Waals surface area (Å²) >= 11 is 0. The minimum Gasteiger partial charge on any atom is -0.508 e. The highest BCUT2D eigenvalue weighted by Crippen LogP contribution is 2.29. The number of aromatic hydroxyl groups is 1. The Hall–Kier alpha value is -2.26. The topological polar surface area (TPSA) is 36.6 Å². The maximum atomic E-state index is 9.71. The van der Waals surface area contributed by atoms with Crippen LogP contribution >= 0.6 is 0 Å². The molecule has 2 heterocycles. The van der Waals surface area contributed by atoms with Gasteiger partial charge in [0.25, 0.3) is 0 Å². The third-order valence-corrected chi connectivity index (χ3v) is 5.09. The zero-order valence-electron chi connectivity index (χ0n) is 13.8. The molecular weight excluding hydrogens is 298 g/mol. The van der Waals surface area contributed by atoms with Crippen LogP contribution in [0.3, 0.4) is 0 Å². The molecule has 124 valence electrons. The van der Waals surface area contributed by atoms with E-state index in [2.05, 4.69) is 29.2 Å². The van der Waals surface area contributed by atoms with E-state index in [0.29, 0.717) is 11.7 Å². The van der Waals surface area contributed by atoms with Crippen molar-refractivity contribution < 1.29 is 9.52 Å². The fraction of sp³-hybridized carbons (Fsp3) is 0.333. The number of likely N-dealkylation sites (tertiary alicyclic amines) is 1. The van der Waals surface area contributed by atoms with Crippen molar-refractivity contribution in [3.63, 3.8) is 0 Å². The number of piperidine rings is 1. The summed E-state index contributed by atoms with van der Waals surface area (Å²) in [4.78, 5) is 2.52. The summed E-state index contributed by atoms with van der Waals surface area (Å²) in [6.07, 6.45) is 5.21. The predicted octanol–water partition coefficient (Wildman–Crippen LogP) is 4.56. The Bertz CT molecular complexity index is 823. The number of benzene rings is 2. The third kappa shape index (κ3) is 3.17. The molecule has 3 heteroatoms. The van der Waals surface area contributed by atoms with E-state index in [1.165, 1.54) is 29.2 Å². The zero-order chi connectivity index (χ0) is 16.4. The molecule has 1 N–H and O–H groups in total. The van der Waals surface area contributed by atoms with Crippen LogP contribution in [0.4, 0.5) is 0 Å². The van der Waals surface area contributed by atoms with Gasteiger partial charge in [0, 0.05) is 30.3 Å². The van der Waals surface area contributed by atoms with Crippen LogP contribution in [0.5, 0.6) is 5.75 Å². The number of furan rings is 1. The number of fused-ring (bicyclic) bond motifs is 1. The molecule has 3 aromatic rings. The molecule has 1 atom stereocenters. The summed E-state index contributed by atoms with van der Waals surface area (Å²) in [5.74, 6) is 1.97. The van der Waals surface area contributed by atoms with Crippen molar-refractivity contribution in [1.82, 2.24) is 4.90 Å². The van der Waals surface area contributed by atoms with Crippen LogP contribution in [0.1, 0.15) is 30.1 Å². The molecule has 1 saturated heterocycles. The maximum Gasteiger partial charge on any atom is 0.115 e. The standard InChI is InChI=1S/C21H23NO2/c23-19-8-3-6-16(13-19)17-7-4-11-22(14-17)12-10-21-20-9-2-1-5-18(20)15-24-21/h1-3,5-6,8-9,13,15,17,23H,4,7,10-12,14H2. The van der Waals surface area contributed by atoms with Crippen molar-refractivity contribution in [1.29, 1.82) is 0 Å². The lowest BCUT2D eigenvalue weighted by atomic mass is 9.90. The lowest BCUT2D eigenvalue weighted by molar-refractivity contribution is 0.207. The molecule has 1 aliphatic rings. The summed E-state index contributed by atoms with van der Waals surface area (Å²) in [5, 5.41) is 12.1. The lowest BCUT2D eigenvalue weighted by Gasteiger charge is -2.32. The van der Waals surface area contributed by atoms with Gasteiger partial charge in [0.2, 0.25) is 0 Å². The average Bonchev–Trinajstić information content (AvgIpc) is 3.03. The van der Waals surface area contributed by atoms with Crippen LogP contribution in [0.25, 0.3) is 10.8 Å². The van der Waals surface area contributed by atoms with Gasteiger partial charge in [-0.1, -0.05) is 36.4 Å². The van der Waals surface area contributed by atoms with Gasteiger partial charge in [-0.3, -0.25) is 0 Å². The normalized spacial score (nSPS) is 18.9. The molecular formula is C21H23NO2. The SMILES string of the molecule is Oc1cccc(C2CCCN(CCc3occ4ccccc34)C2)c1. The van der Waals surface area contributed by atoms with Crippen LogP contribution in [0.15, 0.2) is 59.2 Å². The molecule has 1 unspecified atom stereocenters. The molecule has 1 aliphatic heterocycles. The van der Waals surface area contributed by atoms with E-state index in [-0.39, 0.29) is 0 Å². The highest BCUT2D eigenvalue weighted by Gasteiger charge is 2.21. The van der Waals surface area contributed by atoms with E-state index in [1.807, 2.05) is 24.5 Å². The minimum atomic E-state index is 0.367. The van der Waals surface area contributed by atoms with E-state index in [9.17, 15) is 5.11 Å². The predicted molar refractivity (Wildman–Crippen MR) is 96.4 cm³/mol. The number of phenolic OH excluding ortho intramolecular Hbond substituents is 1. The molecule has 0 aliphatic carbocycles. The summed E-state index contributed by atoms with van der Waals surface area (Å²) in [6, 6.07) is 16.1. The largest absolute Gasteiger partial charge is 0.508 e. The van der Waals surface area contributed by atoms with Gasteiger partial charge < -0.3 is 14.4 Å². The first-order chi connectivity index (χ1) is 11.8. The van der Waals surface area contributed by atoms with Crippen molar-refractivity contribution in [2.24, 2.45) is 0 Å². The van der Waals surface area contributed by atoms with Crippen LogP contribution in [-0.2, 0) is 6.42 Å². The smallest absolute Gasteiger partial charge is 0.115 e. The Labute approximate surface area is 142 Å². The van der Waals surface area contributed by atoms with Crippen LogP contribution in [0.2, 0.25) is 0 Å². The molecule has 3 nitrogen and oxygen atoms in total. The van der Waals surface area contributed by atoms with Crippen LogP contribution in [-0.4, -0.2) is 29.6 Å². The van der Waals surface area contributed by atoms with Crippen molar-refractivity contribution in [3.05, 3.63) is 66.1 Å². The van der Waals surface area contributed by atoms with E-state index in [0.717, 1.165) is 31.8 Å². The monoisotopic (exact) mass is 321 g/mol. The Morgan fingerprint density at radius 1 is 1.12 bits per heavy atom. The molecule has 0 amide bonds. The molecule has 4 rings (SSSR count). The first-order valence-electron chi connectivity index (χ1n) is 8.76. The van der Waals surface area contributed by atoms with Crippen LogP contribution in [0, 0.1) is 0 Å². The first kappa shape index (κ1) is 15.3. The van der Waals surface area contributed by atoms with Gasteiger partial charge in [0.1, 0.15) is 11.5 Å². The summed E-state index contributed by atoms with van der Waals surface area (Å²) in [7, 11) is 0. The van der Waals surface area contributed by atoms with Crippen molar-refractivity contribution in [2.75, 3.05) is 19.6 Å². The van der Waals surface area contributed by atoms with E-state index in [4.69, 9.17) is 4.42 Å². The molecule has 1 fully saturated rings. The number of hydrogen-bond acceptors (Lipinski definition) is 3. The summed E-state index contributed by atoms with van der Waals surface area (Å²) in [5.41, 5.74) is 1.25. The average molecular weight is 321 g/mol. The minimum absolute atomic E-state index is 0.367. The summed E-state index contributed by atoms with van der Waals surface area (Å²) < 4.78 is 5.77. The highest BCUT2D eigenvalue weighted by atomic mass is 16.3. The molecule has 1 aromatic heterocycles. The number of rotatable bonds is 4. The molecule has 0 spiro atoms. The number of phenols is 1. The fourth-order valence-corrected chi connectivity index (χ4v) is 3.81. The lowest BCUT2D eigenvalue weighted by Crippen LogP contribution is -2.35. The fourth-order valence-electron chi connectivity index (χ4n) is 3.81. The van der Waals surface area contributed by atoms with Gasteiger partial charge in [-0.25, -0.2) is 0 Å². The van der Waals surface area contributed by atoms with E-state index < -0.39 is 0 Å². The van der Waals surface area contributed by atoms with Crippen molar-refractivity contribution >= 4 is 10.8 Å². The maximum absolute atomic E-state index is 9.71. The third-order valence-electron chi connectivity index (χ3n) is 5.09. The van der Waals surface area contributed by atoms with Gasteiger partial charge in [0.15, 0.2) is 0 Å². The molecule has 24 heavy (non-hydrogen) atoms. The number of hydrogen-bond donors (Lipinski definition) is 1. The van der Waals surface area contributed by atoms with E-state index >= 15 is 0 Å². The van der Waals surface area contributed by atoms with Crippen LogP contribution < -0.4 is 0 Å². The molecule has 0 saturated carbocycles. The second-order valence-corrected chi connectivity index (χ2v) is 6.73. The van der Waals surface area contributed by atoms with Gasteiger partial charge in [-0.2, -0.15) is 0 Å². The van der Waals surface area contributed by atoms with Gasteiger partial charge in [-0.05, 0) is 43.0 Å². The molecule has 2 aromatic carbocycles. The second kappa shape index (κ2) is 6.70. The first-order valence-corrected chi connectivity index (χ1v) is 8.76. The number of nitrogens with zero attached hydrogens (tertiary/aromatic N) is 1. The Morgan fingerprint density at radius 2 is 2.04 bits per heavy atom. The Balaban J connectivity index is 1.41. The summed E-state index contributed by atoms with van der Waals surface area (Å²) in [6.45, 7) is 3.23. The quantitative estimate of drug-likeness (QED) is 0.765. The Morgan fingerprint density at radius 3 is 2.96 bits per heavy atom. The molecule has 0 bridgehead atoms. The second-order valence-electron chi connectivity index (χ2n) is 6.73. The van der Waals surface area contributed by atoms with Crippen molar-refractivity contribution in [2.45, 2.75) is 25.2 Å². The zero-order valence-corrected chi connectivity index (χ0v) is 13.8. The van der Waals surface area contributed by atoms with Gasteiger partial charge >= 0.3 is 0 Å². The van der Waals surface area contributed by atoms with Gasteiger partial charge in [0.05, 0.1) is 6.26 Å². The van der Waals surface area contributed by atoms with Crippen molar-refractivity contribution in [3.8, 4) is 5.75 Å².